The molecule has 2 N–H and O–H groups in total. The van der Waals surface area contributed by atoms with E-state index in [0.29, 0.717) is 11.3 Å². The molecule has 1 aliphatic heterocycles. The summed E-state index contributed by atoms with van der Waals surface area (Å²) in [5, 5.41) is 7.86. The van der Waals surface area contributed by atoms with Crippen LogP contribution in [0.15, 0.2) is 4.99 Å². The third-order valence-electron chi connectivity index (χ3n) is 3.48. The quantitative estimate of drug-likeness (QED) is 0.789. The number of carbonyl (C=O) groups is 1. The highest BCUT2D eigenvalue weighted by molar-refractivity contribution is 8.14. The Balaban J connectivity index is 1.44. The fourth-order valence-corrected chi connectivity index (χ4v) is 3.28. The summed E-state index contributed by atoms with van der Waals surface area (Å²) in [6, 6.07) is 0.268. The number of nitrogens with one attached hydrogen (secondary N) is 2. The summed E-state index contributed by atoms with van der Waals surface area (Å²) in [6.07, 6.45) is 4.99. The van der Waals surface area contributed by atoms with Gasteiger partial charge in [-0.3, -0.25) is 9.79 Å². The molecule has 5 heteroatoms. The molecule has 94 valence electrons. The molecule has 0 radical (unpaired) electrons. The summed E-state index contributed by atoms with van der Waals surface area (Å²) >= 11 is 1.82. The van der Waals surface area contributed by atoms with Crippen LogP contribution >= 0.6 is 11.8 Å². The largest absolute Gasteiger partial charge is 0.353 e. The van der Waals surface area contributed by atoms with Crippen LogP contribution in [-0.2, 0) is 4.79 Å². The normalized spacial score (nSPS) is 29.7. The van der Waals surface area contributed by atoms with Gasteiger partial charge in [0.05, 0.1) is 6.54 Å². The maximum atomic E-state index is 11.8. The minimum absolute atomic E-state index is 0.102. The van der Waals surface area contributed by atoms with Crippen LogP contribution < -0.4 is 10.6 Å². The molecular weight excluding hydrogens is 234 g/mol. The Labute approximate surface area is 106 Å². The lowest BCUT2D eigenvalue weighted by atomic mass is 10.3. The zero-order valence-electron chi connectivity index (χ0n) is 10.1. The highest BCUT2D eigenvalue weighted by atomic mass is 32.2. The number of hydrogen-bond donors (Lipinski definition) is 2. The molecule has 1 amide bonds. The van der Waals surface area contributed by atoms with Crippen LogP contribution in [0.1, 0.15) is 32.6 Å². The molecule has 2 fully saturated rings. The van der Waals surface area contributed by atoms with Crippen molar-refractivity contribution >= 4 is 22.8 Å². The summed E-state index contributed by atoms with van der Waals surface area (Å²) in [5.41, 5.74) is 0. The van der Waals surface area contributed by atoms with Crippen molar-refractivity contribution in [3.8, 4) is 0 Å². The van der Waals surface area contributed by atoms with Crippen molar-refractivity contribution in [3.63, 3.8) is 0 Å². The van der Waals surface area contributed by atoms with Gasteiger partial charge in [0.15, 0.2) is 5.17 Å². The minimum atomic E-state index is -0.167. The van der Waals surface area contributed by atoms with Crippen LogP contribution in [0.4, 0.5) is 0 Å². The van der Waals surface area contributed by atoms with Gasteiger partial charge in [-0.1, -0.05) is 11.8 Å². The third kappa shape index (κ3) is 2.94. The van der Waals surface area contributed by atoms with E-state index in [1.165, 1.54) is 12.8 Å². The number of amides is 1. The fourth-order valence-electron chi connectivity index (χ4n) is 1.99. The minimum Gasteiger partial charge on any atom is -0.353 e. The van der Waals surface area contributed by atoms with E-state index in [-0.39, 0.29) is 11.9 Å². The van der Waals surface area contributed by atoms with Gasteiger partial charge >= 0.3 is 0 Å². The van der Waals surface area contributed by atoms with Crippen LogP contribution in [-0.4, -0.2) is 35.0 Å². The van der Waals surface area contributed by atoms with E-state index < -0.39 is 0 Å². The van der Waals surface area contributed by atoms with Gasteiger partial charge in [0, 0.05) is 11.3 Å². The van der Waals surface area contributed by atoms with Crippen molar-refractivity contribution in [2.75, 3.05) is 6.54 Å². The van der Waals surface area contributed by atoms with E-state index in [4.69, 9.17) is 0 Å². The molecule has 0 spiro atoms. The van der Waals surface area contributed by atoms with E-state index in [0.717, 1.165) is 30.5 Å². The van der Waals surface area contributed by atoms with Crippen LogP contribution in [0.2, 0.25) is 0 Å². The predicted molar refractivity (Wildman–Crippen MR) is 70.2 cm³/mol. The molecule has 0 bridgehead atoms. The first-order valence-corrected chi connectivity index (χ1v) is 7.38. The number of nitrogens with zero attached hydrogens (tertiary/aromatic N) is 1. The highest BCUT2D eigenvalue weighted by Crippen LogP contribution is 2.41. The van der Waals surface area contributed by atoms with E-state index in [2.05, 4.69) is 15.6 Å². The lowest BCUT2D eigenvalue weighted by molar-refractivity contribution is -0.122. The van der Waals surface area contributed by atoms with Crippen molar-refractivity contribution < 1.29 is 4.79 Å². The standard InChI is InChI=1S/C12H19N3OS/c1-7(11(16)15-9-4-5-9)14-12-13-6-10(17-12)8-2-3-8/h7-10H,2-6H2,1H3,(H,13,14)(H,15,16). The van der Waals surface area contributed by atoms with Gasteiger partial charge in [0.1, 0.15) is 6.04 Å². The Kier molecular flexibility index (Phi) is 3.03. The van der Waals surface area contributed by atoms with Crippen LogP contribution in [0, 0.1) is 5.92 Å². The molecule has 4 nitrogen and oxygen atoms in total. The average Bonchev–Trinajstić information content (AvgIpc) is 3.21. The summed E-state index contributed by atoms with van der Waals surface area (Å²) in [6.45, 7) is 2.83. The number of rotatable bonds is 4. The summed E-state index contributed by atoms with van der Waals surface area (Å²) in [4.78, 5) is 16.3. The van der Waals surface area contributed by atoms with E-state index in [1.807, 2.05) is 18.7 Å². The lowest BCUT2D eigenvalue weighted by Crippen LogP contribution is -2.44. The van der Waals surface area contributed by atoms with Crippen LogP contribution in [0.5, 0.6) is 0 Å². The Morgan fingerprint density at radius 1 is 1.41 bits per heavy atom. The zero-order chi connectivity index (χ0) is 11.8. The molecule has 1 heterocycles. The molecule has 2 atom stereocenters. The third-order valence-corrected chi connectivity index (χ3v) is 4.79. The number of amidine groups is 1. The smallest absolute Gasteiger partial charge is 0.242 e. The van der Waals surface area contributed by atoms with Crippen molar-refractivity contribution in [3.05, 3.63) is 0 Å². The van der Waals surface area contributed by atoms with Crippen molar-refractivity contribution in [1.82, 2.24) is 10.6 Å². The number of aliphatic imine (C=N–C) groups is 1. The van der Waals surface area contributed by atoms with E-state index in [9.17, 15) is 4.79 Å². The second-order valence-electron chi connectivity index (χ2n) is 5.29. The van der Waals surface area contributed by atoms with Gasteiger partial charge < -0.3 is 10.6 Å². The second-order valence-corrected chi connectivity index (χ2v) is 6.52. The summed E-state index contributed by atoms with van der Waals surface area (Å²) in [5.74, 6) is 0.976. The number of carbonyl (C=O) groups excluding carboxylic acids is 1. The van der Waals surface area contributed by atoms with Crippen molar-refractivity contribution in [2.45, 2.75) is 49.9 Å². The Morgan fingerprint density at radius 2 is 2.18 bits per heavy atom. The lowest BCUT2D eigenvalue weighted by Gasteiger charge is -2.14. The maximum Gasteiger partial charge on any atom is 0.242 e. The van der Waals surface area contributed by atoms with Gasteiger partial charge in [-0.15, -0.1) is 0 Å². The first-order chi connectivity index (χ1) is 8.22. The maximum absolute atomic E-state index is 11.8. The topological polar surface area (TPSA) is 53.5 Å². The zero-order valence-corrected chi connectivity index (χ0v) is 10.9. The van der Waals surface area contributed by atoms with Crippen molar-refractivity contribution in [1.29, 1.82) is 0 Å². The molecule has 17 heavy (non-hydrogen) atoms. The summed E-state index contributed by atoms with van der Waals surface area (Å²) in [7, 11) is 0. The average molecular weight is 253 g/mol. The van der Waals surface area contributed by atoms with Gasteiger partial charge in [0.25, 0.3) is 0 Å². The van der Waals surface area contributed by atoms with Crippen LogP contribution in [0.25, 0.3) is 0 Å². The van der Waals surface area contributed by atoms with Gasteiger partial charge in [0.2, 0.25) is 5.91 Å². The number of hydrogen-bond acceptors (Lipinski definition) is 4. The van der Waals surface area contributed by atoms with E-state index in [1.54, 1.807) is 0 Å². The molecule has 2 unspecified atom stereocenters. The molecule has 3 aliphatic rings. The van der Waals surface area contributed by atoms with Gasteiger partial charge in [-0.2, -0.15) is 0 Å². The Morgan fingerprint density at radius 3 is 2.82 bits per heavy atom. The molecule has 3 rings (SSSR count). The highest BCUT2D eigenvalue weighted by Gasteiger charge is 2.36. The summed E-state index contributed by atoms with van der Waals surface area (Å²) < 4.78 is 0. The molecule has 0 aromatic carbocycles. The molecule has 2 aliphatic carbocycles. The first-order valence-electron chi connectivity index (χ1n) is 6.50. The Hall–Kier alpha value is -0.710. The SMILES string of the molecule is CC(NC1=NCC(C2CC2)S1)C(=O)NC1CC1. The molecule has 0 saturated heterocycles. The van der Waals surface area contributed by atoms with Crippen LogP contribution in [0.3, 0.4) is 0 Å². The Bertz CT molecular complexity index is 350. The van der Waals surface area contributed by atoms with E-state index >= 15 is 0 Å². The second kappa shape index (κ2) is 4.52. The first kappa shape index (κ1) is 11.4. The van der Waals surface area contributed by atoms with Gasteiger partial charge in [-0.05, 0) is 38.5 Å². The fraction of sp³-hybridized carbons (Fsp3) is 0.833. The monoisotopic (exact) mass is 253 g/mol. The number of thioether (sulfide) groups is 1. The molecule has 0 aromatic heterocycles. The molecule has 2 saturated carbocycles. The van der Waals surface area contributed by atoms with Gasteiger partial charge in [-0.25, -0.2) is 0 Å². The predicted octanol–water partition coefficient (Wildman–Crippen LogP) is 1.12. The van der Waals surface area contributed by atoms with Crippen molar-refractivity contribution in [2.24, 2.45) is 10.9 Å². The molecule has 0 aromatic rings. The molecular formula is C12H19N3OS.